The Kier molecular flexibility index (Phi) is 49.1. The molecule has 0 heterocycles. The van der Waals surface area contributed by atoms with E-state index in [-0.39, 0.29) is 123 Å². The SMILES string of the molecule is CCCCOCCC=COCC(COC=CCCOCCCC)(COCCCCOCCCC)NC(=O)C(OCOC)C(OCOC)C(OCOC)C(OCOC)C(=O)OCCc1ccc(NC(=O)C2(C)CC(C)([C-]=O)CC(C)([C-]=O)C2)cc1.[Y].[Y]. The third-order valence-corrected chi connectivity index (χ3v) is 13.6. The van der Waals surface area contributed by atoms with Crippen LogP contribution in [0.25, 0.3) is 0 Å². The minimum atomic E-state index is -1.63. The molecule has 0 bridgehead atoms. The topological polar surface area (TPSA) is 248 Å². The molecule has 86 heavy (non-hydrogen) atoms. The van der Waals surface area contributed by atoms with Crippen molar-refractivity contribution in [2.24, 2.45) is 16.2 Å². The molecular formula is C62H102N2O20Y2-2. The molecule has 0 spiro atoms. The Labute approximate surface area is 563 Å². The van der Waals surface area contributed by atoms with Gasteiger partial charge in [0.15, 0.2) is 12.2 Å². The van der Waals surface area contributed by atoms with Gasteiger partial charge in [0.05, 0.1) is 39.0 Å². The predicted molar refractivity (Wildman–Crippen MR) is 314 cm³/mol. The van der Waals surface area contributed by atoms with E-state index in [1.54, 1.807) is 57.6 Å². The molecule has 22 nitrogen and oxygen atoms in total. The second-order valence-corrected chi connectivity index (χ2v) is 21.9. The number of methoxy groups -OCH3 is 4. The summed E-state index contributed by atoms with van der Waals surface area (Å²) in [5.41, 5.74) is -3.18. The Morgan fingerprint density at radius 2 is 1.01 bits per heavy atom. The number of esters is 1. The number of anilines is 1. The second-order valence-electron chi connectivity index (χ2n) is 21.9. The summed E-state index contributed by atoms with van der Waals surface area (Å²) in [5, 5.41) is 6.05. The molecule has 2 N–H and O–H groups in total. The van der Waals surface area contributed by atoms with E-state index < -0.39 is 85.2 Å². The average Bonchev–Trinajstić information content (AvgIpc) is 1.09. The summed E-state index contributed by atoms with van der Waals surface area (Å²) >= 11 is 0. The largest absolute Gasteiger partial charge is 0.541 e. The fourth-order valence-electron chi connectivity index (χ4n) is 9.64. The van der Waals surface area contributed by atoms with Crippen molar-refractivity contribution in [1.82, 2.24) is 5.32 Å². The van der Waals surface area contributed by atoms with Crippen molar-refractivity contribution < 1.29 is 160 Å². The van der Waals surface area contributed by atoms with Crippen LogP contribution in [-0.2, 0) is 167 Å². The number of carbonyl (C=O) groups excluding carboxylic acids is 5. The van der Waals surface area contributed by atoms with Gasteiger partial charge >= 0.3 is 5.97 Å². The number of nitrogens with one attached hydrogen (secondary N) is 2. The summed E-state index contributed by atoms with van der Waals surface area (Å²) in [6.45, 7) is 13.3. The molecule has 6 atom stereocenters. The fraction of sp³-hybridized carbons (Fsp3) is 0.758. The molecule has 0 aliphatic heterocycles. The van der Waals surface area contributed by atoms with Gasteiger partial charge in [-0.05, 0) is 74.8 Å². The number of benzene rings is 1. The Morgan fingerprint density at radius 1 is 0.570 bits per heavy atom. The predicted octanol–water partition coefficient (Wildman–Crippen LogP) is 8.03. The molecule has 2 radical (unpaired) electrons. The van der Waals surface area contributed by atoms with Gasteiger partial charge < -0.3 is 91.3 Å². The van der Waals surface area contributed by atoms with Gasteiger partial charge in [-0.15, -0.1) is 10.8 Å². The van der Waals surface area contributed by atoms with E-state index in [1.165, 1.54) is 28.4 Å². The maximum atomic E-state index is 15.2. The van der Waals surface area contributed by atoms with Crippen molar-refractivity contribution in [2.45, 2.75) is 161 Å². The first-order chi connectivity index (χ1) is 40.6. The molecule has 1 aliphatic rings. The van der Waals surface area contributed by atoms with E-state index in [1.807, 2.05) is 12.2 Å². The van der Waals surface area contributed by atoms with Crippen molar-refractivity contribution in [3.8, 4) is 0 Å². The average molecular weight is 1370 g/mol. The molecule has 1 fully saturated rings. The normalized spacial score (nSPS) is 19.7. The molecule has 1 aromatic rings. The third kappa shape index (κ3) is 34.3. The van der Waals surface area contributed by atoms with Gasteiger partial charge in [-0.1, -0.05) is 92.2 Å². The van der Waals surface area contributed by atoms with Crippen molar-refractivity contribution >= 4 is 36.0 Å². The van der Waals surface area contributed by atoms with Crippen LogP contribution in [0.3, 0.4) is 0 Å². The summed E-state index contributed by atoms with van der Waals surface area (Å²) in [6.07, 6.45) is 14.2. The molecule has 2 amide bonds. The standard InChI is InChI=1S/C62H102N2O20.2Y/c1-11-14-28-74-31-17-20-34-77-43-62(44-78-35-21-18-32-75-29-15-12-2,45-79-36-22-19-33-76-30-16-13-3)64-56(67)54(83-48-72-9)52(81-46-70-7)53(82-47-71-8)55(84-49-73-10)57(68)80-37-27-50-23-25-51(26-24-50)63-58(69)61(6)39-59(4,41-65)38-60(5,40-61)42-66;;/h20-21,23-26,34-35,52-55H,11-19,22,27-33,36-40,43-49H2,1-10H3,(H,63,69)(H,64,67);;/q-2;;. The zero-order chi connectivity index (χ0) is 61.8. The van der Waals surface area contributed by atoms with Gasteiger partial charge in [0.1, 0.15) is 58.1 Å². The first-order valence-corrected chi connectivity index (χ1v) is 29.5. The van der Waals surface area contributed by atoms with Crippen LogP contribution >= 0.6 is 0 Å². The minimum absolute atomic E-state index is 0. The zero-order valence-electron chi connectivity index (χ0n) is 53.3. The third-order valence-electron chi connectivity index (χ3n) is 13.6. The smallest absolute Gasteiger partial charge is 0.338 e. The minimum Gasteiger partial charge on any atom is -0.541 e. The van der Waals surface area contributed by atoms with Crippen molar-refractivity contribution in [2.75, 3.05) is 134 Å². The first kappa shape index (κ1) is 83.8. The van der Waals surface area contributed by atoms with Gasteiger partial charge in [-0.2, -0.15) is 0 Å². The number of amides is 2. The van der Waals surface area contributed by atoms with Crippen LogP contribution < -0.4 is 10.6 Å². The number of rotatable bonds is 53. The molecule has 1 aromatic carbocycles. The van der Waals surface area contributed by atoms with Gasteiger partial charge in [0, 0.05) is 144 Å². The monoisotopic (exact) mass is 1370 g/mol. The van der Waals surface area contributed by atoms with Crippen molar-refractivity contribution in [1.29, 1.82) is 0 Å². The molecule has 0 saturated heterocycles. The summed E-state index contributed by atoms with van der Waals surface area (Å²) < 4.78 is 87.6. The number of ether oxygens (including phenoxy) is 15. The van der Waals surface area contributed by atoms with Gasteiger partial charge in [-0.25, -0.2) is 4.79 Å². The van der Waals surface area contributed by atoms with Crippen LogP contribution in [0.5, 0.6) is 0 Å². The second kappa shape index (κ2) is 50.4. The Morgan fingerprint density at radius 3 is 1.49 bits per heavy atom. The number of hydrogen-bond acceptors (Lipinski definition) is 20. The number of hydrogen-bond donors (Lipinski definition) is 2. The van der Waals surface area contributed by atoms with E-state index >= 15 is 4.79 Å². The van der Waals surface area contributed by atoms with Crippen molar-refractivity contribution in [3.63, 3.8) is 0 Å². The van der Waals surface area contributed by atoms with Gasteiger partial charge in [0.25, 0.3) is 5.91 Å². The van der Waals surface area contributed by atoms with E-state index in [9.17, 15) is 19.2 Å². The molecule has 24 heteroatoms. The van der Waals surface area contributed by atoms with Crippen molar-refractivity contribution in [3.05, 3.63) is 54.5 Å². The Balaban J connectivity index is 0.0000361. The molecule has 488 valence electrons. The Hall–Kier alpha value is -2.22. The van der Waals surface area contributed by atoms with Crippen LogP contribution in [-0.4, -0.2) is 189 Å². The maximum Gasteiger partial charge on any atom is 0.338 e. The van der Waals surface area contributed by atoms with Gasteiger partial charge in [-0.3, -0.25) is 22.2 Å². The zero-order valence-corrected chi connectivity index (χ0v) is 58.9. The quantitative estimate of drug-likeness (QED) is 0.0206. The summed E-state index contributed by atoms with van der Waals surface area (Å²) in [6, 6.07) is 6.94. The molecular weight excluding hydrogens is 1270 g/mol. The summed E-state index contributed by atoms with van der Waals surface area (Å²) in [7, 11) is 5.51. The maximum absolute atomic E-state index is 15.2. The molecule has 0 aromatic heterocycles. The van der Waals surface area contributed by atoms with Crippen LogP contribution in [0.15, 0.2) is 48.9 Å². The van der Waals surface area contributed by atoms with E-state index in [0.29, 0.717) is 71.2 Å². The van der Waals surface area contributed by atoms with Crippen LogP contribution in [0.4, 0.5) is 5.69 Å². The first-order valence-electron chi connectivity index (χ1n) is 29.5. The Bertz CT molecular complexity index is 1940. The number of carbonyl (C=O) groups is 3. The molecule has 1 saturated carbocycles. The van der Waals surface area contributed by atoms with Crippen LogP contribution in [0.1, 0.15) is 131 Å². The van der Waals surface area contributed by atoms with Crippen LogP contribution in [0, 0.1) is 16.2 Å². The molecule has 6 unspecified atom stereocenters. The van der Waals surface area contributed by atoms with Gasteiger partial charge in [0.2, 0.25) is 5.91 Å². The fourth-order valence-corrected chi connectivity index (χ4v) is 9.64. The summed E-state index contributed by atoms with van der Waals surface area (Å²) in [5.74, 6) is -2.01. The van der Waals surface area contributed by atoms with E-state index in [4.69, 9.17) is 71.1 Å². The number of unbranched alkanes of at least 4 members (excludes halogenated alkanes) is 4. The van der Waals surface area contributed by atoms with Crippen LogP contribution in [0.2, 0.25) is 0 Å². The van der Waals surface area contributed by atoms with E-state index in [2.05, 4.69) is 44.0 Å². The molecule has 1 aliphatic carbocycles. The molecule has 2 rings (SSSR count). The summed E-state index contributed by atoms with van der Waals surface area (Å²) in [4.78, 5) is 67.3. The van der Waals surface area contributed by atoms with E-state index in [0.717, 1.165) is 50.5 Å².